The largest absolute Gasteiger partial charge is 0.508 e. The summed E-state index contributed by atoms with van der Waals surface area (Å²) in [6.45, 7) is 4.33. The molecule has 0 aliphatic heterocycles. The molecule has 0 fully saturated rings. The Labute approximate surface area is 174 Å². The first-order valence-corrected chi connectivity index (χ1v) is 11.0. The van der Waals surface area contributed by atoms with Gasteiger partial charge in [-0.15, -0.1) is 0 Å². The Morgan fingerprint density at radius 1 is 0.483 bits per heavy atom. The van der Waals surface area contributed by atoms with Gasteiger partial charge in [0.05, 0.1) is 0 Å². The Morgan fingerprint density at radius 3 is 1.24 bits per heavy atom. The minimum absolute atomic E-state index is 0.0248. The van der Waals surface area contributed by atoms with E-state index in [4.69, 9.17) is 0 Å². The summed E-state index contributed by atoms with van der Waals surface area (Å²) in [5.41, 5.74) is 3.00. The normalized spacial score (nSPS) is 11.1. The van der Waals surface area contributed by atoms with Crippen molar-refractivity contribution in [2.45, 2.75) is 84.5 Å². The summed E-state index contributed by atoms with van der Waals surface area (Å²) in [5, 5.41) is 41.0. The molecule has 0 aromatic heterocycles. The van der Waals surface area contributed by atoms with Crippen LogP contribution in [0.25, 0.3) is 0 Å². The quantitative estimate of drug-likeness (QED) is 0.313. The third-order valence-corrected chi connectivity index (χ3v) is 5.54. The fourth-order valence-electron chi connectivity index (χ4n) is 3.72. The second-order valence-electron chi connectivity index (χ2n) is 8.02. The van der Waals surface area contributed by atoms with Crippen LogP contribution in [0.2, 0.25) is 0 Å². The monoisotopic (exact) mass is 400 g/mol. The number of hydrogen-bond donors (Lipinski definition) is 4. The maximum Gasteiger partial charge on any atom is 0.122 e. The Bertz CT molecular complexity index is 717. The Hall–Kier alpha value is -2.36. The SMILES string of the molecule is CCCCCCc1cc(Cc2cc(CCCCCC)c(O)cc2O)c(O)cc1O. The lowest BCUT2D eigenvalue weighted by Gasteiger charge is -2.13. The molecule has 0 amide bonds. The number of aromatic hydroxyl groups is 4. The third-order valence-electron chi connectivity index (χ3n) is 5.54. The first-order valence-electron chi connectivity index (χ1n) is 11.0. The van der Waals surface area contributed by atoms with Gasteiger partial charge in [0.15, 0.2) is 0 Å². The molecular weight excluding hydrogens is 364 g/mol. The van der Waals surface area contributed by atoms with Gasteiger partial charge in [0.2, 0.25) is 0 Å². The van der Waals surface area contributed by atoms with E-state index >= 15 is 0 Å². The highest BCUT2D eigenvalue weighted by atomic mass is 16.3. The molecule has 0 aliphatic rings. The minimum atomic E-state index is 0.0248. The Morgan fingerprint density at radius 2 is 0.862 bits per heavy atom. The van der Waals surface area contributed by atoms with Gasteiger partial charge in [0.25, 0.3) is 0 Å². The highest BCUT2D eigenvalue weighted by molar-refractivity contribution is 5.51. The number of benzene rings is 2. The molecule has 0 unspecified atom stereocenters. The lowest BCUT2D eigenvalue weighted by molar-refractivity contribution is 0.438. The van der Waals surface area contributed by atoms with Crippen LogP contribution in [0, 0.1) is 0 Å². The van der Waals surface area contributed by atoms with Gasteiger partial charge in [-0.1, -0.05) is 52.4 Å². The molecule has 2 aromatic carbocycles. The molecule has 0 radical (unpaired) electrons. The van der Waals surface area contributed by atoms with Crippen LogP contribution in [-0.4, -0.2) is 20.4 Å². The zero-order chi connectivity index (χ0) is 21.2. The van der Waals surface area contributed by atoms with Crippen LogP contribution in [-0.2, 0) is 19.3 Å². The van der Waals surface area contributed by atoms with E-state index in [1.807, 2.05) is 12.1 Å². The molecule has 160 valence electrons. The van der Waals surface area contributed by atoms with Gasteiger partial charge in [0.1, 0.15) is 23.0 Å². The summed E-state index contributed by atoms with van der Waals surface area (Å²) < 4.78 is 0. The average Bonchev–Trinajstić information content (AvgIpc) is 2.68. The highest BCUT2D eigenvalue weighted by Crippen LogP contribution is 2.34. The summed E-state index contributed by atoms with van der Waals surface area (Å²) in [6, 6.07) is 6.47. The van der Waals surface area contributed by atoms with E-state index in [0.29, 0.717) is 17.5 Å². The molecule has 0 saturated heterocycles. The smallest absolute Gasteiger partial charge is 0.122 e. The predicted molar refractivity (Wildman–Crippen MR) is 118 cm³/mol. The number of aryl methyl sites for hydroxylation is 2. The zero-order valence-corrected chi connectivity index (χ0v) is 17.9. The van der Waals surface area contributed by atoms with Crippen molar-refractivity contribution in [2.75, 3.05) is 0 Å². The maximum absolute atomic E-state index is 10.3. The number of phenolic OH excluding ortho intramolecular Hbond substituents is 4. The molecule has 29 heavy (non-hydrogen) atoms. The maximum atomic E-state index is 10.3. The van der Waals surface area contributed by atoms with E-state index in [1.54, 1.807) is 0 Å². The van der Waals surface area contributed by atoms with Gasteiger partial charge < -0.3 is 20.4 Å². The molecule has 2 aromatic rings. The topological polar surface area (TPSA) is 80.9 Å². The van der Waals surface area contributed by atoms with E-state index in [0.717, 1.165) is 62.5 Å². The molecule has 4 N–H and O–H groups in total. The van der Waals surface area contributed by atoms with Crippen LogP contribution >= 0.6 is 0 Å². The molecule has 0 spiro atoms. The van der Waals surface area contributed by atoms with E-state index in [9.17, 15) is 20.4 Å². The number of unbranched alkanes of at least 4 members (excludes halogenated alkanes) is 6. The lowest BCUT2D eigenvalue weighted by Crippen LogP contribution is -1.96. The van der Waals surface area contributed by atoms with Crippen LogP contribution in [0.3, 0.4) is 0 Å². The Kier molecular flexibility index (Phi) is 9.17. The first-order chi connectivity index (χ1) is 14.0. The fraction of sp³-hybridized carbons (Fsp3) is 0.520. The molecule has 0 aliphatic carbocycles. The van der Waals surface area contributed by atoms with Crippen molar-refractivity contribution in [3.05, 3.63) is 46.5 Å². The number of hydrogen-bond acceptors (Lipinski definition) is 4. The van der Waals surface area contributed by atoms with Gasteiger partial charge >= 0.3 is 0 Å². The van der Waals surface area contributed by atoms with Gasteiger partial charge in [-0.05, 0) is 60.1 Å². The predicted octanol–water partition coefficient (Wildman–Crippen LogP) is 6.35. The average molecular weight is 401 g/mol. The van der Waals surface area contributed by atoms with Gasteiger partial charge in [0, 0.05) is 18.6 Å². The van der Waals surface area contributed by atoms with Crippen molar-refractivity contribution in [3.8, 4) is 23.0 Å². The van der Waals surface area contributed by atoms with Crippen LogP contribution < -0.4 is 0 Å². The van der Waals surface area contributed by atoms with E-state index < -0.39 is 0 Å². The number of rotatable bonds is 12. The van der Waals surface area contributed by atoms with Crippen LogP contribution in [0.15, 0.2) is 24.3 Å². The molecule has 4 heteroatoms. The molecule has 2 rings (SSSR count). The Balaban J connectivity index is 2.17. The first kappa shape index (κ1) is 22.9. The molecule has 0 bridgehead atoms. The summed E-state index contributed by atoms with van der Waals surface area (Å²) in [4.78, 5) is 0. The summed E-state index contributed by atoms with van der Waals surface area (Å²) >= 11 is 0. The second kappa shape index (κ2) is 11.6. The van der Waals surface area contributed by atoms with Crippen molar-refractivity contribution in [1.82, 2.24) is 0 Å². The van der Waals surface area contributed by atoms with Crippen molar-refractivity contribution < 1.29 is 20.4 Å². The van der Waals surface area contributed by atoms with E-state index in [-0.39, 0.29) is 23.0 Å². The van der Waals surface area contributed by atoms with Crippen molar-refractivity contribution >= 4 is 0 Å². The second-order valence-corrected chi connectivity index (χ2v) is 8.02. The molecule has 4 nitrogen and oxygen atoms in total. The van der Waals surface area contributed by atoms with Crippen molar-refractivity contribution in [3.63, 3.8) is 0 Å². The molecule has 0 atom stereocenters. The van der Waals surface area contributed by atoms with E-state index in [1.165, 1.54) is 25.0 Å². The summed E-state index contributed by atoms with van der Waals surface area (Å²) in [5.74, 6) is 0.289. The van der Waals surface area contributed by atoms with Gasteiger partial charge in [-0.3, -0.25) is 0 Å². The van der Waals surface area contributed by atoms with Crippen molar-refractivity contribution in [1.29, 1.82) is 0 Å². The molecule has 0 heterocycles. The third kappa shape index (κ3) is 6.88. The minimum Gasteiger partial charge on any atom is -0.508 e. The van der Waals surface area contributed by atoms with Crippen LogP contribution in [0.5, 0.6) is 23.0 Å². The highest BCUT2D eigenvalue weighted by Gasteiger charge is 2.14. The molecular formula is C25H36O4. The standard InChI is InChI=1S/C25H36O4/c1-3-5-7-9-11-18-13-20(24(28)16-22(18)26)15-21-14-19(12-10-8-6-4-2)23(27)17-25(21)29/h13-14,16-17,26-29H,3-12,15H2,1-2H3. The van der Waals surface area contributed by atoms with Gasteiger partial charge in [-0.2, -0.15) is 0 Å². The van der Waals surface area contributed by atoms with Crippen molar-refractivity contribution in [2.24, 2.45) is 0 Å². The van der Waals surface area contributed by atoms with Crippen LogP contribution in [0.4, 0.5) is 0 Å². The zero-order valence-electron chi connectivity index (χ0n) is 17.9. The summed E-state index contributed by atoms with van der Waals surface area (Å²) in [7, 11) is 0. The molecule has 0 saturated carbocycles. The fourth-order valence-corrected chi connectivity index (χ4v) is 3.72. The summed E-state index contributed by atoms with van der Waals surface area (Å²) in [6.07, 6.45) is 10.8. The van der Waals surface area contributed by atoms with Gasteiger partial charge in [-0.25, -0.2) is 0 Å². The van der Waals surface area contributed by atoms with Crippen LogP contribution in [0.1, 0.15) is 87.5 Å². The van der Waals surface area contributed by atoms with E-state index in [2.05, 4.69) is 13.8 Å². The number of phenols is 4. The lowest BCUT2D eigenvalue weighted by atomic mass is 9.95.